The van der Waals surface area contributed by atoms with E-state index in [1.807, 2.05) is 13.8 Å². The number of nitrogen functional groups attached to an aromatic ring is 1. The first kappa shape index (κ1) is 11.8. The van der Waals surface area contributed by atoms with Crippen LogP contribution < -0.4 is 5.73 Å². The first-order chi connectivity index (χ1) is 7.02. The number of hydrogen-bond donors (Lipinski definition) is 1. The third-order valence-electron chi connectivity index (χ3n) is 2.41. The second-order valence-corrected chi connectivity index (χ2v) is 3.62. The number of nitrogens with two attached hydrogens (primary N) is 1. The van der Waals surface area contributed by atoms with E-state index in [9.17, 15) is 10.1 Å². The standard InChI is InChI=1S/C10H13ClN2O2/c1-3-6-8(11)5-9(13(14)15)7(4-2)10(6)12/h5H,3-4,12H2,1-2H3. The average molecular weight is 229 g/mol. The van der Waals surface area contributed by atoms with Crippen LogP contribution in [0.3, 0.4) is 0 Å². The lowest BCUT2D eigenvalue weighted by Crippen LogP contribution is -2.04. The fourth-order valence-electron chi connectivity index (χ4n) is 1.64. The molecular formula is C10H13ClN2O2. The molecule has 0 heterocycles. The summed E-state index contributed by atoms with van der Waals surface area (Å²) < 4.78 is 0. The summed E-state index contributed by atoms with van der Waals surface area (Å²) in [6, 6.07) is 1.38. The Labute approximate surface area is 93.2 Å². The minimum Gasteiger partial charge on any atom is -0.398 e. The predicted molar refractivity (Wildman–Crippen MR) is 61.3 cm³/mol. The molecule has 1 aromatic rings. The highest BCUT2D eigenvalue weighted by Gasteiger charge is 2.19. The van der Waals surface area contributed by atoms with Crippen LogP contribution in [0.1, 0.15) is 25.0 Å². The molecule has 0 unspecified atom stereocenters. The summed E-state index contributed by atoms with van der Waals surface area (Å²) in [6.45, 7) is 3.76. The van der Waals surface area contributed by atoms with Crippen LogP contribution >= 0.6 is 11.6 Å². The van der Waals surface area contributed by atoms with Crippen molar-refractivity contribution < 1.29 is 4.92 Å². The molecule has 0 amide bonds. The van der Waals surface area contributed by atoms with Crippen molar-refractivity contribution in [2.45, 2.75) is 26.7 Å². The summed E-state index contributed by atoms with van der Waals surface area (Å²) in [6.07, 6.45) is 1.21. The Kier molecular flexibility index (Phi) is 3.52. The molecule has 0 atom stereocenters. The quantitative estimate of drug-likeness (QED) is 0.491. The molecule has 1 rings (SSSR count). The molecule has 0 aliphatic heterocycles. The molecule has 0 aliphatic rings. The number of hydrogen-bond acceptors (Lipinski definition) is 3. The smallest absolute Gasteiger partial charge is 0.276 e. The summed E-state index contributed by atoms with van der Waals surface area (Å²) in [5.74, 6) is 0. The zero-order chi connectivity index (χ0) is 11.6. The molecule has 15 heavy (non-hydrogen) atoms. The SMILES string of the molecule is CCc1c(Cl)cc([N+](=O)[O-])c(CC)c1N. The van der Waals surface area contributed by atoms with E-state index in [1.165, 1.54) is 6.07 Å². The Morgan fingerprint density at radius 3 is 2.33 bits per heavy atom. The topological polar surface area (TPSA) is 69.2 Å². The van der Waals surface area contributed by atoms with Gasteiger partial charge in [-0.25, -0.2) is 0 Å². The van der Waals surface area contributed by atoms with Crippen molar-refractivity contribution in [1.29, 1.82) is 0 Å². The van der Waals surface area contributed by atoms with Gasteiger partial charge in [0.05, 0.1) is 15.5 Å². The molecular weight excluding hydrogens is 216 g/mol. The van der Waals surface area contributed by atoms with Crippen molar-refractivity contribution >= 4 is 23.0 Å². The summed E-state index contributed by atoms with van der Waals surface area (Å²) >= 11 is 5.92. The molecule has 0 saturated carbocycles. The molecule has 0 saturated heterocycles. The lowest BCUT2D eigenvalue weighted by Gasteiger charge is -2.10. The van der Waals surface area contributed by atoms with Gasteiger partial charge < -0.3 is 5.73 Å². The molecule has 0 spiro atoms. The number of nitro groups is 1. The van der Waals surface area contributed by atoms with E-state index in [0.29, 0.717) is 29.1 Å². The lowest BCUT2D eigenvalue weighted by molar-refractivity contribution is -0.385. The third kappa shape index (κ3) is 2.04. The Bertz CT molecular complexity index is 405. The fraction of sp³-hybridized carbons (Fsp3) is 0.400. The van der Waals surface area contributed by atoms with Gasteiger partial charge in [0.15, 0.2) is 0 Å². The highest BCUT2D eigenvalue weighted by atomic mass is 35.5. The molecule has 4 nitrogen and oxygen atoms in total. The van der Waals surface area contributed by atoms with E-state index < -0.39 is 4.92 Å². The molecule has 0 aromatic heterocycles. The van der Waals surface area contributed by atoms with Gasteiger partial charge in [-0.05, 0) is 18.4 Å². The number of nitrogens with zero attached hydrogens (tertiary/aromatic N) is 1. The van der Waals surface area contributed by atoms with Crippen LogP contribution in [0.25, 0.3) is 0 Å². The Morgan fingerprint density at radius 1 is 1.40 bits per heavy atom. The second-order valence-electron chi connectivity index (χ2n) is 3.21. The number of anilines is 1. The molecule has 2 N–H and O–H groups in total. The van der Waals surface area contributed by atoms with Crippen molar-refractivity contribution in [3.63, 3.8) is 0 Å². The highest BCUT2D eigenvalue weighted by molar-refractivity contribution is 6.32. The fourth-order valence-corrected chi connectivity index (χ4v) is 1.98. The summed E-state index contributed by atoms with van der Waals surface area (Å²) in [5, 5.41) is 11.2. The van der Waals surface area contributed by atoms with Crippen LogP contribution in [0.15, 0.2) is 6.07 Å². The Hall–Kier alpha value is -1.29. The van der Waals surface area contributed by atoms with Crippen LogP contribution in [0, 0.1) is 10.1 Å². The zero-order valence-electron chi connectivity index (χ0n) is 8.71. The molecule has 0 aliphatic carbocycles. The number of nitro benzene ring substituents is 1. The van der Waals surface area contributed by atoms with Gasteiger partial charge in [-0.15, -0.1) is 0 Å². The van der Waals surface area contributed by atoms with E-state index in [4.69, 9.17) is 17.3 Å². The highest BCUT2D eigenvalue weighted by Crippen LogP contribution is 2.34. The van der Waals surface area contributed by atoms with Gasteiger partial charge in [-0.1, -0.05) is 25.4 Å². The third-order valence-corrected chi connectivity index (χ3v) is 2.75. The minimum atomic E-state index is -0.444. The summed E-state index contributed by atoms with van der Waals surface area (Å²) in [7, 11) is 0. The summed E-state index contributed by atoms with van der Waals surface area (Å²) in [5.41, 5.74) is 7.69. The van der Waals surface area contributed by atoms with E-state index in [0.717, 1.165) is 5.56 Å². The van der Waals surface area contributed by atoms with Crippen molar-refractivity contribution in [3.05, 3.63) is 32.3 Å². The Morgan fingerprint density at radius 2 is 1.93 bits per heavy atom. The van der Waals surface area contributed by atoms with Crippen LogP contribution in [-0.4, -0.2) is 4.92 Å². The molecule has 0 radical (unpaired) electrons. The predicted octanol–water partition coefficient (Wildman–Crippen LogP) is 2.96. The van der Waals surface area contributed by atoms with Crippen molar-refractivity contribution in [3.8, 4) is 0 Å². The van der Waals surface area contributed by atoms with Crippen molar-refractivity contribution in [1.82, 2.24) is 0 Å². The minimum absolute atomic E-state index is 0.0113. The van der Waals surface area contributed by atoms with E-state index in [2.05, 4.69) is 0 Å². The molecule has 5 heteroatoms. The maximum absolute atomic E-state index is 10.8. The molecule has 1 aromatic carbocycles. The van der Waals surface area contributed by atoms with Gasteiger partial charge in [-0.3, -0.25) is 10.1 Å². The van der Waals surface area contributed by atoms with Crippen molar-refractivity contribution in [2.75, 3.05) is 5.73 Å². The second kappa shape index (κ2) is 4.49. The lowest BCUT2D eigenvalue weighted by atomic mass is 10.0. The van der Waals surface area contributed by atoms with Gasteiger partial charge in [0.25, 0.3) is 5.69 Å². The largest absolute Gasteiger partial charge is 0.398 e. The summed E-state index contributed by atoms with van der Waals surface area (Å²) in [4.78, 5) is 10.3. The van der Waals surface area contributed by atoms with Crippen LogP contribution in [0.4, 0.5) is 11.4 Å². The normalized spacial score (nSPS) is 10.3. The van der Waals surface area contributed by atoms with Gasteiger partial charge in [0, 0.05) is 11.8 Å². The van der Waals surface area contributed by atoms with Crippen molar-refractivity contribution in [2.24, 2.45) is 0 Å². The van der Waals surface area contributed by atoms with E-state index in [1.54, 1.807) is 0 Å². The average Bonchev–Trinajstić information content (AvgIpc) is 2.17. The molecule has 0 bridgehead atoms. The van der Waals surface area contributed by atoms with E-state index >= 15 is 0 Å². The van der Waals surface area contributed by atoms with Gasteiger partial charge in [-0.2, -0.15) is 0 Å². The van der Waals surface area contributed by atoms with Crippen LogP contribution in [0.5, 0.6) is 0 Å². The van der Waals surface area contributed by atoms with Crippen LogP contribution in [-0.2, 0) is 12.8 Å². The number of rotatable bonds is 3. The van der Waals surface area contributed by atoms with Crippen LogP contribution in [0.2, 0.25) is 5.02 Å². The maximum atomic E-state index is 10.8. The molecule has 82 valence electrons. The van der Waals surface area contributed by atoms with Gasteiger partial charge in [0.1, 0.15) is 0 Å². The van der Waals surface area contributed by atoms with Gasteiger partial charge >= 0.3 is 0 Å². The Balaban J connectivity index is 3.51. The zero-order valence-corrected chi connectivity index (χ0v) is 9.47. The van der Waals surface area contributed by atoms with Gasteiger partial charge in [0.2, 0.25) is 0 Å². The maximum Gasteiger partial charge on any atom is 0.276 e. The number of halogens is 1. The first-order valence-electron chi connectivity index (χ1n) is 4.77. The monoisotopic (exact) mass is 228 g/mol. The first-order valence-corrected chi connectivity index (χ1v) is 5.14. The van der Waals surface area contributed by atoms with E-state index in [-0.39, 0.29) is 5.69 Å². The number of benzene rings is 1. The molecule has 0 fully saturated rings.